The van der Waals surface area contributed by atoms with Gasteiger partial charge in [-0.3, -0.25) is 19.2 Å². The van der Waals surface area contributed by atoms with Gasteiger partial charge in [0.2, 0.25) is 17.7 Å². The monoisotopic (exact) mass is 480 g/mol. The molecule has 0 saturated heterocycles. The Morgan fingerprint density at radius 3 is 1.91 bits per heavy atom. The fraction of sp³-hybridized carbons (Fsp3) is 0.500. The number of carboxylic acid groups (broad SMARTS) is 2. The van der Waals surface area contributed by atoms with Gasteiger partial charge in [0.1, 0.15) is 23.9 Å². The molecule has 3 amide bonds. The third-order valence-corrected chi connectivity index (χ3v) is 5.04. The van der Waals surface area contributed by atoms with Gasteiger partial charge < -0.3 is 37.0 Å². The maximum absolute atomic E-state index is 12.7. The van der Waals surface area contributed by atoms with Crippen molar-refractivity contribution in [2.24, 2.45) is 11.7 Å². The molecule has 0 fully saturated rings. The normalized spacial score (nSPS) is 14.4. The first-order chi connectivity index (χ1) is 15.8. The predicted octanol–water partition coefficient (Wildman–Crippen LogP) is -0.658. The molecule has 0 heterocycles. The minimum atomic E-state index is -1.30. The van der Waals surface area contributed by atoms with Crippen LogP contribution in [0.4, 0.5) is 0 Å². The van der Waals surface area contributed by atoms with Crippen LogP contribution >= 0.6 is 0 Å². The molecule has 1 aromatic rings. The number of aromatic hydroxyl groups is 1. The van der Waals surface area contributed by atoms with Crippen LogP contribution in [0.3, 0.4) is 0 Å². The molecule has 12 heteroatoms. The van der Waals surface area contributed by atoms with E-state index in [9.17, 15) is 34.2 Å². The Bertz CT molecular complexity index is 887. The Hall–Kier alpha value is -3.67. The van der Waals surface area contributed by atoms with E-state index in [0.29, 0.717) is 5.56 Å². The zero-order chi connectivity index (χ0) is 26.0. The van der Waals surface area contributed by atoms with Gasteiger partial charge in [-0.2, -0.15) is 0 Å². The molecule has 12 nitrogen and oxygen atoms in total. The van der Waals surface area contributed by atoms with Crippen molar-refractivity contribution in [2.75, 3.05) is 0 Å². The number of amides is 3. The van der Waals surface area contributed by atoms with E-state index in [1.165, 1.54) is 31.2 Å². The molecule has 0 bridgehead atoms. The van der Waals surface area contributed by atoms with E-state index in [1.54, 1.807) is 13.8 Å². The highest BCUT2D eigenvalue weighted by Crippen LogP contribution is 2.11. The van der Waals surface area contributed by atoms with Gasteiger partial charge in [0.25, 0.3) is 0 Å². The van der Waals surface area contributed by atoms with Crippen LogP contribution < -0.4 is 21.7 Å². The minimum Gasteiger partial charge on any atom is -0.508 e. The molecular formula is C22H32N4O8. The van der Waals surface area contributed by atoms with E-state index < -0.39 is 60.2 Å². The van der Waals surface area contributed by atoms with E-state index in [-0.39, 0.29) is 24.5 Å². The van der Waals surface area contributed by atoms with Gasteiger partial charge in [0.15, 0.2) is 0 Å². The lowest BCUT2D eigenvalue weighted by atomic mass is 10.0. The van der Waals surface area contributed by atoms with E-state index >= 15 is 0 Å². The summed E-state index contributed by atoms with van der Waals surface area (Å²) in [6, 6.07) is 1.14. The van der Waals surface area contributed by atoms with Gasteiger partial charge >= 0.3 is 11.9 Å². The second-order valence-electron chi connectivity index (χ2n) is 8.26. The van der Waals surface area contributed by atoms with Crippen molar-refractivity contribution in [3.63, 3.8) is 0 Å². The summed E-state index contributed by atoms with van der Waals surface area (Å²) in [5.74, 6) is -4.93. The maximum atomic E-state index is 12.7. The quantitative estimate of drug-likeness (QED) is 0.191. The zero-order valence-corrected chi connectivity index (χ0v) is 19.3. The Balaban J connectivity index is 2.82. The van der Waals surface area contributed by atoms with Crippen molar-refractivity contribution in [1.29, 1.82) is 0 Å². The lowest BCUT2D eigenvalue weighted by Gasteiger charge is -2.24. The molecule has 34 heavy (non-hydrogen) atoms. The number of rotatable bonds is 13. The number of nitrogens with one attached hydrogen (secondary N) is 3. The van der Waals surface area contributed by atoms with E-state index in [1.807, 2.05) is 0 Å². The number of hydrogen-bond acceptors (Lipinski definition) is 7. The highest BCUT2D eigenvalue weighted by molar-refractivity contribution is 5.94. The summed E-state index contributed by atoms with van der Waals surface area (Å²) in [6.45, 7) is 4.74. The van der Waals surface area contributed by atoms with Crippen molar-refractivity contribution >= 4 is 29.7 Å². The molecule has 1 aromatic carbocycles. The summed E-state index contributed by atoms with van der Waals surface area (Å²) < 4.78 is 0. The Kier molecular flexibility index (Phi) is 11.0. The topological polar surface area (TPSA) is 208 Å². The highest BCUT2D eigenvalue weighted by Gasteiger charge is 2.29. The second-order valence-corrected chi connectivity index (χ2v) is 8.26. The van der Waals surface area contributed by atoms with Gasteiger partial charge in [-0.05, 0) is 37.0 Å². The molecule has 0 unspecified atom stereocenters. The predicted molar refractivity (Wildman–Crippen MR) is 121 cm³/mol. The minimum absolute atomic E-state index is 0.00916. The number of carbonyl (C=O) groups is 5. The largest absolute Gasteiger partial charge is 0.508 e. The molecule has 0 radical (unpaired) electrons. The SMILES string of the molecule is CC(C)[C@H](N)C(=O)N[C@@H](CCC(=O)O)C(=O)N[C@@H](C)C(=O)N[C@@H](Cc1ccc(O)cc1)C(=O)O. The summed E-state index contributed by atoms with van der Waals surface area (Å²) in [7, 11) is 0. The second kappa shape index (κ2) is 13.1. The van der Waals surface area contributed by atoms with Crippen LogP contribution in [-0.4, -0.2) is 69.1 Å². The first kappa shape index (κ1) is 28.4. The van der Waals surface area contributed by atoms with Crippen molar-refractivity contribution in [2.45, 2.75) is 64.2 Å². The number of aliphatic carboxylic acids is 2. The van der Waals surface area contributed by atoms with Crippen molar-refractivity contribution in [1.82, 2.24) is 16.0 Å². The molecule has 0 aliphatic heterocycles. The number of hydrogen-bond donors (Lipinski definition) is 7. The molecule has 8 N–H and O–H groups in total. The van der Waals surface area contributed by atoms with Gasteiger partial charge in [-0.15, -0.1) is 0 Å². The standard InChI is InChI=1S/C22H32N4O8/c1-11(2)18(23)21(32)25-15(8-9-17(28)29)20(31)24-12(3)19(30)26-16(22(33)34)10-13-4-6-14(27)7-5-13/h4-7,11-12,15-16,18,27H,8-10,23H2,1-3H3,(H,24,31)(H,25,32)(H,26,30)(H,28,29)(H,33,34)/t12-,15-,16-,18-/m0/s1. The molecule has 0 aromatic heterocycles. The van der Waals surface area contributed by atoms with Crippen molar-refractivity contribution in [3.05, 3.63) is 29.8 Å². The first-order valence-corrected chi connectivity index (χ1v) is 10.7. The third kappa shape index (κ3) is 9.45. The molecule has 0 saturated carbocycles. The average Bonchev–Trinajstić information content (AvgIpc) is 2.76. The summed E-state index contributed by atoms with van der Waals surface area (Å²) in [5.41, 5.74) is 6.33. The molecule has 0 aliphatic rings. The summed E-state index contributed by atoms with van der Waals surface area (Å²) >= 11 is 0. The number of carboxylic acids is 2. The van der Waals surface area contributed by atoms with Gasteiger partial charge in [0.05, 0.1) is 6.04 Å². The number of carbonyl (C=O) groups excluding carboxylic acids is 3. The fourth-order valence-corrected chi connectivity index (χ4v) is 2.85. The summed E-state index contributed by atoms with van der Waals surface area (Å²) in [6.07, 6.45) is -0.708. The Labute approximate surface area is 196 Å². The van der Waals surface area contributed by atoms with Crippen molar-refractivity contribution < 1.29 is 39.3 Å². The van der Waals surface area contributed by atoms with Gasteiger partial charge in [-0.25, -0.2) is 4.79 Å². The number of benzene rings is 1. The average molecular weight is 481 g/mol. The number of phenols is 1. The lowest BCUT2D eigenvalue weighted by Crippen LogP contribution is -2.57. The molecule has 0 aliphatic carbocycles. The Morgan fingerprint density at radius 1 is 0.853 bits per heavy atom. The van der Waals surface area contributed by atoms with Crippen LogP contribution in [0.5, 0.6) is 5.75 Å². The molecule has 188 valence electrons. The van der Waals surface area contributed by atoms with E-state index in [4.69, 9.17) is 10.8 Å². The van der Waals surface area contributed by atoms with Crippen LogP contribution in [0.1, 0.15) is 39.2 Å². The number of nitrogens with two attached hydrogens (primary N) is 1. The molecule has 4 atom stereocenters. The molecule has 0 spiro atoms. The van der Waals surface area contributed by atoms with Crippen LogP contribution in [-0.2, 0) is 30.4 Å². The molecule has 1 rings (SSSR count). The number of phenolic OH excluding ortho intramolecular Hbond substituents is 1. The lowest BCUT2D eigenvalue weighted by molar-refractivity contribution is -0.142. The smallest absolute Gasteiger partial charge is 0.326 e. The highest BCUT2D eigenvalue weighted by atomic mass is 16.4. The van der Waals surface area contributed by atoms with Crippen molar-refractivity contribution in [3.8, 4) is 5.75 Å². The molecular weight excluding hydrogens is 448 g/mol. The fourth-order valence-electron chi connectivity index (χ4n) is 2.85. The zero-order valence-electron chi connectivity index (χ0n) is 19.3. The van der Waals surface area contributed by atoms with E-state index in [0.717, 1.165) is 0 Å². The third-order valence-electron chi connectivity index (χ3n) is 5.04. The first-order valence-electron chi connectivity index (χ1n) is 10.7. The van der Waals surface area contributed by atoms with Crippen LogP contribution in [0.2, 0.25) is 0 Å². The van der Waals surface area contributed by atoms with Gasteiger partial charge in [-0.1, -0.05) is 26.0 Å². The Morgan fingerprint density at radius 2 is 1.41 bits per heavy atom. The maximum Gasteiger partial charge on any atom is 0.326 e. The van der Waals surface area contributed by atoms with Crippen LogP contribution in [0.15, 0.2) is 24.3 Å². The van der Waals surface area contributed by atoms with Crippen LogP contribution in [0, 0.1) is 5.92 Å². The van der Waals surface area contributed by atoms with Crippen LogP contribution in [0.25, 0.3) is 0 Å². The van der Waals surface area contributed by atoms with Gasteiger partial charge in [0, 0.05) is 12.8 Å². The summed E-state index contributed by atoms with van der Waals surface area (Å²) in [5, 5.41) is 34.8. The van der Waals surface area contributed by atoms with E-state index in [2.05, 4.69) is 16.0 Å². The summed E-state index contributed by atoms with van der Waals surface area (Å²) in [4.78, 5) is 59.9.